The molecule has 0 saturated heterocycles. The number of nitrogens with two attached hydrogens (primary N) is 1. The Kier molecular flexibility index (Phi) is 2.65. The first-order valence-electron chi connectivity index (χ1n) is 6.04. The van der Waals surface area contributed by atoms with Crippen molar-refractivity contribution in [2.75, 3.05) is 0 Å². The number of benzene rings is 1. The van der Waals surface area contributed by atoms with Crippen LogP contribution in [-0.2, 0) is 13.1 Å². The van der Waals surface area contributed by atoms with Gasteiger partial charge in [-0.05, 0) is 18.4 Å². The third-order valence-corrected chi connectivity index (χ3v) is 3.18. The summed E-state index contributed by atoms with van der Waals surface area (Å²) < 4.78 is 2.01. The first-order valence-corrected chi connectivity index (χ1v) is 6.04. The van der Waals surface area contributed by atoms with Gasteiger partial charge in [0.15, 0.2) is 0 Å². The van der Waals surface area contributed by atoms with Crippen molar-refractivity contribution in [2.45, 2.75) is 31.8 Å². The van der Waals surface area contributed by atoms with Crippen molar-refractivity contribution >= 4 is 0 Å². The van der Waals surface area contributed by atoms with Crippen LogP contribution in [0.15, 0.2) is 30.3 Å². The van der Waals surface area contributed by atoms with Crippen molar-refractivity contribution in [3.8, 4) is 0 Å². The molecule has 0 radical (unpaired) electrons. The molecule has 1 heterocycles. The Morgan fingerprint density at radius 2 is 2.00 bits per heavy atom. The smallest absolute Gasteiger partial charge is 0.0997 e. The minimum absolute atomic E-state index is 0.487. The molecule has 4 nitrogen and oxygen atoms in total. The van der Waals surface area contributed by atoms with Gasteiger partial charge in [-0.25, -0.2) is 4.68 Å². The van der Waals surface area contributed by atoms with Crippen LogP contribution in [0.4, 0.5) is 0 Å². The molecule has 1 saturated carbocycles. The third-order valence-electron chi connectivity index (χ3n) is 3.18. The summed E-state index contributed by atoms with van der Waals surface area (Å²) >= 11 is 0. The molecular formula is C13H16N4. The maximum Gasteiger partial charge on any atom is 0.0997 e. The number of nitrogens with zero attached hydrogens (tertiary/aromatic N) is 3. The van der Waals surface area contributed by atoms with Gasteiger partial charge in [0, 0.05) is 12.5 Å². The van der Waals surface area contributed by atoms with Crippen molar-refractivity contribution < 1.29 is 0 Å². The van der Waals surface area contributed by atoms with E-state index >= 15 is 0 Å². The Balaban J connectivity index is 1.90. The van der Waals surface area contributed by atoms with Crippen molar-refractivity contribution in [2.24, 2.45) is 5.73 Å². The van der Waals surface area contributed by atoms with Crippen LogP contribution >= 0.6 is 0 Å². The van der Waals surface area contributed by atoms with Gasteiger partial charge in [0.05, 0.1) is 17.9 Å². The summed E-state index contributed by atoms with van der Waals surface area (Å²) in [7, 11) is 0. The van der Waals surface area contributed by atoms with Gasteiger partial charge in [0.1, 0.15) is 0 Å². The molecule has 0 amide bonds. The van der Waals surface area contributed by atoms with Crippen LogP contribution in [0.2, 0.25) is 0 Å². The summed E-state index contributed by atoms with van der Waals surface area (Å²) in [6, 6.07) is 10.3. The Morgan fingerprint density at radius 1 is 1.24 bits per heavy atom. The van der Waals surface area contributed by atoms with Gasteiger partial charge in [0.2, 0.25) is 0 Å². The number of hydrogen-bond donors (Lipinski definition) is 1. The van der Waals surface area contributed by atoms with E-state index in [0.29, 0.717) is 12.5 Å². The van der Waals surface area contributed by atoms with Gasteiger partial charge in [-0.3, -0.25) is 0 Å². The zero-order valence-corrected chi connectivity index (χ0v) is 9.71. The van der Waals surface area contributed by atoms with Gasteiger partial charge in [-0.2, -0.15) is 0 Å². The van der Waals surface area contributed by atoms with Gasteiger partial charge >= 0.3 is 0 Å². The molecule has 0 bridgehead atoms. The van der Waals surface area contributed by atoms with Crippen molar-refractivity contribution in [1.29, 1.82) is 0 Å². The minimum Gasteiger partial charge on any atom is -0.325 e. The molecule has 4 heteroatoms. The molecule has 3 rings (SSSR count). The second-order valence-corrected chi connectivity index (χ2v) is 4.54. The number of rotatable bonds is 4. The summed E-state index contributed by atoms with van der Waals surface area (Å²) in [4.78, 5) is 0. The summed E-state index contributed by atoms with van der Waals surface area (Å²) in [5.74, 6) is 0.632. The van der Waals surface area contributed by atoms with E-state index in [2.05, 4.69) is 22.4 Å². The lowest BCUT2D eigenvalue weighted by atomic mass is 10.2. The topological polar surface area (TPSA) is 56.7 Å². The fourth-order valence-corrected chi connectivity index (χ4v) is 2.18. The third kappa shape index (κ3) is 2.08. The summed E-state index contributed by atoms with van der Waals surface area (Å²) in [5, 5.41) is 8.41. The highest BCUT2D eigenvalue weighted by Gasteiger charge is 2.30. The van der Waals surface area contributed by atoms with E-state index in [-0.39, 0.29) is 0 Å². The normalized spacial score (nSPS) is 15.1. The Hall–Kier alpha value is -1.68. The quantitative estimate of drug-likeness (QED) is 0.866. The van der Waals surface area contributed by atoms with E-state index in [4.69, 9.17) is 5.73 Å². The Bertz CT molecular complexity index is 499. The molecule has 1 fully saturated rings. The first kappa shape index (κ1) is 10.5. The lowest BCUT2D eigenvalue weighted by molar-refractivity contribution is 0.619. The highest BCUT2D eigenvalue weighted by Crippen LogP contribution is 2.41. The zero-order valence-electron chi connectivity index (χ0n) is 9.71. The SMILES string of the molecule is NCc1nnn(Cc2ccccc2)c1C1CC1. The Labute approximate surface area is 100 Å². The molecule has 2 N–H and O–H groups in total. The predicted molar refractivity (Wildman–Crippen MR) is 65.4 cm³/mol. The maximum absolute atomic E-state index is 5.71. The summed E-state index contributed by atoms with van der Waals surface area (Å²) in [6.45, 7) is 1.28. The van der Waals surface area contributed by atoms with E-state index in [1.54, 1.807) is 0 Å². The highest BCUT2D eigenvalue weighted by molar-refractivity contribution is 5.22. The monoisotopic (exact) mass is 228 g/mol. The van der Waals surface area contributed by atoms with Crippen LogP contribution in [0, 0.1) is 0 Å². The molecule has 0 aliphatic heterocycles. The van der Waals surface area contributed by atoms with Crippen LogP contribution in [-0.4, -0.2) is 15.0 Å². The molecule has 17 heavy (non-hydrogen) atoms. The second kappa shape index (κ2) is 4.30. The lowest BCUT2D eigenvalue weighted by Gasteiger charge is -2.06. The van der Waals surface area contributed by atoms with E-state index in [1.165, 1.54) is 24.1 Å². The molecule has 1 aromatic heterocycles. The molecule has 2 aromatic rings. The van der Waals surface area contributed by atoms with E-state index < -0.39 is 0 Å². The molecule has 0 atom stereocenters. The lowest BCUT2D eigenvalue weighted by Crippen LogP contribution is -2.07. The fourth-order valence-electron chi connectivity index (χ4n) is 2.18. The second-order valence-electron chi connectivity index (χ2n) is 4.54. The first-order chi connectivity index (χ1) is 8.38. The standard InChI is InChI=1S/C13H16N4/c14-8-12-13(11-6-7-11)17(16-15-12)9-10-4-2-1-3-5-10/h1-5,11H,6-9,14H2. The molecular weight excluding hydrogens is 212 g/mol. The summed E-state index contributed by atoms with van der Waals surface area (Å²) in [6.07, 6.45) is 2.49. The van der Waals surface area contributed by atoms with Crippen LogP contribution in [0.3, 0.4) is 0 Å². The highest BCUT2D eigenvalue weighted by atomic mass is 15.4. The van der Waals surface area contributed by atoms with Crippen molar-refractivity contribution in [1.82, 2.24) is 15.0 Å². The van der Waals surface area contributed by atoms with Crippen molar-refractivity contribution in [3.05, 3.63) is 47.3 Å². The van der Waals surface area contributed by atoms with Gasteiger partial charge < -0.3 is 5.73 Å². The van der Waals surface area contributed by atoms with Crippen LogP contribution in [0.25, 0.3) is 0 Å². The van der Waals surface area contributed by atoms with Gasteiger partial charge in [-0.1, -0.05) is 35.5 Å². The van der Waals surface area contributed by atoms with Crippen LogP contribution in [0.1, 0.15) is 35.7 Å². The largest absolute Gasteiger partial charge is 0.325 e. The maximum atomic E-state index is 5.71. The van der Waals surface area contributed by atoms with Crippen LogP contribution in [0.5, 0.6) is 0 Å². The average Bonchev–Trinajstić information content (AvgIpc) is 3.13. The van der Waals surface area contributed by atoms with E-state index in [1.807, 2.05) is 22.9 Å². The Morgan fingerprint density at radius 3 is 2.65 bits per heavy atom. The molecule has 1 aliphatic carbocycles. The molecule has 0 unspecified atom stereocenters. The van der Waals surface area contributed by atoms with Crippen LogP contribution < -0.4 is 5.73 Å². The molecule has 1 aromatic carbocycles. The molecule has 0 spiro atoms. The average molecular weight is 228 g/mol. The number of aromatic nitrogens is 3. The van der Waals surface area contributed by atoms with E-state index in [0.717, 1.165) is 12.2 Å². The summed E-state index contributed by atoms with van der Waals surface area (Å²) in [5.41, 5.74) is 9.17. The van der Waals surface area contributed by atoms with E-state index in [9.17, 15) is 0 Å². The van der Waals surface area contributed by atoms with Gasteiger partial charge in [0.25, 0.3) is 0 Å². The fraction of sp³-hybridized carbons (Fsp3) is 0.385. The minimum atomic E-state index is 0.487. The van der Waals surface area contributed by atoms with Gasteiger partial charge in [-0.15, -0.1) is 5.10 Å². The zero-order chi connectivity index (χ0) is 11.7. The molecule has 88 valence electrons. The number of hydrogen-bond acceptors (Lipinski definition) is 3. The predicted octanol–water partition coefficient (Wildman–Crippen LogP) is 1.66. The van der Waals surface area contributed by atoms with Crippen molar-refractivity contribution in [3.63, 3.8) is 0 Å². The molecule has 1 aliphatic rings.